The van der Waals surface area contributed by atoms with E-state index in [4.69, 9.17) is 9.68 Å². The summed E-state index contributed by atoms with van der Waals surface area (Å²) in [7, 11) is 1.94. The quantitative estimate of drug-likeness (QED) is 0.658. The third-order valence-electron chi connectivity index (χ3n) is 1.78. The van der Waals surface area contributed by atoms with E-state index in [1.54, 1.807) is 18.2 Å². The molecule has 0 amide bonds. The van der Waals surface area contributed by atoms with Gasteiger partial charge in [0.2, 0.25) is 0 Å². The summed E-state index contributed by atoms with van der Waals surface area (Å²) >= 11 is 3.29. The molecule has 0 saturated heterocycles. The highest BCUT2D eigenvalue weighted by Crippen LogP contribution is 2.23. The highest BCUT2D eigenvalue weighted by atomic mass is 79.9. The first kappa shape index (κ1) is 12.1. The van der Waals surface area contributed by atoms with E-state index in [2.05, 4.69) is 20.7 Å². The van der Waals surface area contributed by atoms with Crippen LogP contribution >= 0.6 is 15.9 Å². The highest BCUT2D eigenvalue weighted by molar-refractivity contribution is 9.10. The molecule has 0 atom stereocenters. The molecule has 1 rings (SSSR count). The van der Waals surface area contributed by atoms with Crippen molar-refractivity contribution in [2.45, 2.75) is 6.42 Å². The molecule has 0 saturated carbocycles. The van der Waals surface area contributed by atoms with Gasteiger partial charge >= 0.3 is 13.7 Å². The Morgan fingerprint density at radius 2 is 2.33 bits per heavy atom. The summed E-state index contributed by atoms with van der Waals surface area (Å²) < 4.78 is 10.0. The highest BCUT2D eigenvalue weighted by Gasteiger charge is 2.07. The van der Waals surface area contributed by atoms with E-state index in [0.717, 1.165) is 10.0 Å². The van der Waals surface area contributed by atoms with E-state index in [1.807, 2.05) is 0 Å². The molecule has 79 valence electrons. The zero-order valence-electron chi connectivity index (χ0n) is 8.07. The Kier molecular flexibility index (Phi) is 4.64. The van der Waals surface area contributed by atoms with Gasteiger partial charge < -0.3 is 14.4 Å². The van der Waals surface area contributed by atoms with Crippen LogP contribution < -0.4 is 4.65 Å². The average molecular weight is 272 g/mol. The number of esters is 1. The van der Waals surface area contributed by atoms with Crippen LogP contribution in [0, 0.1) is 0 Å². The lowest BCUT2D eigenvalue weighted by Gasteiger charge is -2.06. The molecule has 0 aliphatic carbocycles. The molecule has 1 aromatic rings. The van der Waals surface area contributed by atoms with Crippen LogP contribution in [0.1, 0.15) is 5.56 Å². The molecule has 0 aromatic heterocycles. The van der Waals surface area contributed by atoms with Crippen LogP contribution in [0.2, 0.25) is 0 Å². The number of halogens is 1. The van der Waals surface area contributed by atoms with Gasteiger partial charge in [-0.15, -0.1) is 0 Å². The Morgan fingerprint density at radius 3 is 2.87 bits per heavy atom. The number of methoxy groups -OCH3 is 1. The standard InChI is InChI=1S/C9H9BBrO4/c1-14-9(12)4-6-2-3-7(15-10-13)5-8(6)11/h2-3,5,13H,4H2,1H3. The van der Waals surface area contributed by atoms with E-state index >= 15 is 0 Å². The monoisotopic (exact) mass is 271 g/mol. The topological polar surface area (TPSA) is 55.8 Å². The average Bonchev–Trinajstić information content (AvgIpc) is 2.22. The molecule has 15 heavy (non-hydrogen) atoms. The van der Waals surface area contributed by atoms with Crippen molar-refractivity contribution in [3.8, 4) is 5.75 Å². The van der Waals surface area contributed by atoms with Gasteiger partial charge in [0.05, 0.1) is 13.5 Å². The minimum atomic E-state index is -0.307. The molecule has 0 spiro atoms. The molecule has 0 aliphatic rings. The Balaban J connectivity index is 2.78. The summed E-state index contributed by atoms with van der Waals surface area (Å²) in [4.78, 5) is 11.0. The third-order valence-corrected chi connectivity index (χ3v) is 2.51. The van der Waals surface area contributed by atoms with Gasteiger partial charge in [0.1, 0.15) is 5.75 Å². The summed E-state index contributed by atoms with van der Waals surface area (Å²) in [5, 5.41) is 8.43. The van der Waals surface area contributed by atoms with Crippen LogP contribution in [0.5, 0.6) is 5.75 Å². The molecular formula is C9H9BBrO4. The predicted octanol–water partition coefficient (Wildman–Crippen LogP) is 1.07. The zero-order chi connectivity index (χ0) is 11.3. The van der Waals surface area contributed by atoms with E-state index < -0.39 is 0 Å². The molecule has 0 heterocycles. The molecule has 6 heteroatoms. The number of hydrogen-bond acceptors (Lipinski definition) is 4. The lowest BCUT2D eigenvalue weighted by Crippen LogP contribution is -2.05. The van der Waals surface area contributed by atoms with Crippen molar-refractivity contribution in [1.29, 1.82) is 0 Å². The van der Waals surface area contributed by atoms with Gasteiger partial charge in [0.15, 0.2) is 0 Å². The second kappa shape index (κ2) is 5.77. The van der Waals surface area contributed by atoms with Crippen molar-refractivity contribution in [3.05, 3.63) is 28.2 Å². The van der Waals surface area contributed by atoms with Crippen LogP contribution in [0.3, 0.4) is 0 Å². The minimum absolute atomic E-state index is 0.195. The maximum Gasteiger partial charge on any atom is 0.569 e. The molecule has 1 N–H and O–H groups in total. The van der Waals surface area contributed by atoms with E-state index in [0.29, 0.717) is 13.4 Å². The summed E-state index contributed by atoms with van der Waals surface area (Å²) in [6.07, 6.45) is 0.195. The van der Waals surface area contributed by atoms with Crippen molar-refractivity contribution in [2.75, 3.05) is 7.11 Å². The Morgan fingerprint density at radius 1 is 1.60 bits per heavy atom. The van der Waals surface area contributed by atoms with Gasteiger partial charge in [-0.05, 0) is 17.7 Å². The summed E-state index contributed by atoms with van der Waals surface area (Å²) in [6, 6.07) is 5.03. The van der Waals surface area contributed by atoms with Gasteiger partial charge in [0.25, 0.3) is 0 Å². The fourth-order valence-corrected chi connectivity index (χ4v) is 1.53. The lowest BCUT2D eigenvalue weighted by atomic mass is 10.1. The zero-order valence-corrected chi connectivity index (χ0v) is 9.65. The van der Waals surface area contributed by atoms with Crippen molar-refractivity contribution in [2.24, 2.45) is 0 Å². The second-order valence-corrected chi connectivity index (χ2v) is 3.58. The summed E-state index contributed by atoms with van der Waals surface area (Å²) in [6.45, 7) is 0. The number of hydrogen-bond donors (Lipinski definition) is 1. The molecular weight excluding hydrogens is 263 g/mol. The van der Waals surface area contributed by atoms with Crippen LogP contribution in [0.4, 0.5) is 0 Å². The summed E-state index contributed by atoms with van der Waals surface area (Å²) in [5.41, 5.74) is 0.798. The fraction of sp³-hybridized carbons (Fsp3) is 0.222. The first-order valence-electron chi connectivity index (χ1n) is 4.15. The molecule has 1 aromatic carbocycles. The van der Waals surface area contributed by atoms with Gasteiger partial charge in [0, 0.05) is 4.47 Å². The normalized spacial score (nSPS) is 9.53. The largest absolute Gasteiger partial charge is 0.569 e. The number of carbonyl (C=O) groups excluding carboxylic acids is 1. The number of rotatable bonds is 4. The minimum Gasteiger partial charge on any atom is -0.537 e. The van der Waals surface area contributed by atoms with Crippen LogP contribution in [0.15, 0.2) is 22.7 Å². The van der Waals surface area contributed by atoms with E-state index in [1.165, 1.54) is 7.11 Å². The SMILES string of the molecule is COC(=O)Cc1ccc(O[B]O)cc1Br. The van der Waals surface area contributed by atoms with Gasteiger partial charge in [-0.3, -0.25) is 4.79 Å². The predicted molar refractivity (Wildman–Crippen MR) is 58.5 cm³/mol. The fourth-order valence-electron chi connectivity index (χ4n) is 1.03. The van der Waals surface area contributed by atoms with Crippen molar-refractivity contribution >= 4 is 29.6 Å². The molecule has 4 nitrogen and oxygen atoms in total. The second-order valence-electron chi connectivity index (χ2n) is 2.73. The molecule has 0 unspecified atom stereocenters. The molecule has 0 fully saturated rings. The van der Waals surface area contributed by atoms with Gasteiger partial charge in [-0.25, -0.2) is 0 Å². The number of carbonyl (C=O) groups is 1. The van der Waals surface area contributed by atoms with Crippen LogP contribution in [-0.4, -0.2) is 25.8 Å². The van der Waals surface area contributed by atoms with Gasteiger partial charge in [-0.2, -0.15) is 0 Å². The Bertz CT molecular complexity index is 356. The molecule has 1 radical (unpaired) electrons. The smallest absolute Gasteiger partial charge is 0.537 e. The van der Waals surface area contributed by atoms with Crippen molar-refractivity contribution in [1.82, 2.24) is 0 Å². The Labute approximate surface area is 96.6 Å². The van der Waals surface area contributed by atoms with Crippen LogP contribution in [0.25, 0.3) is 0 Å². The van der Waals surface area contributed by atoms with E-state index in [-0.39, 0.29) is 12.4 Å². The number of benzene rings is 1. The van der Waals surface area contributed by atoms with E-state index in [9.17, 15) is 4.79 Å². The Hall–Kier alpha value is -1.01. The molecule has 0 bridgehead atoms. The lowest BCUT2D eigenvalue weighted by molar-refractivity contribution is -0.139. The van der Waals surface area contributed by atoms with Crippen molar-refractivity contribution < 1.29 is 19.2 Å². The maximum absolute atomic E-state index is 11.0. The first-order valence-corrected chi connectivity index (χ1v) is 4.94. The summed E-state index contributed by atoms with van der Waals surface area (Å²) in [5.74, 6) is 0.177. The van der Waals surface area contributed by atoms with Crippen LogP contribution in [-0.2, 0) is 16.0 Å². The maximum atomic E-state index is 11.0. The first-order chi connectivity index (χ1) is 7.17. The van der Waals surface area contributed by atoms with Crippen molar-refractivity contribution in [3.63, 3.8) is 0 Å². The third kappa shape index (κ3) is 3.56. The van der Waals surface area contributed by atoms with Gasteiger partial charge in [-0.1, -0.05) is 22.0 Å². The molecule has 0 aliphatic heterocycles. The number of ether oxygens (including phenoxy) is 1.